The quantitative estimate of drug-likeness (QED) is 0.400. The standard InChI is InChI=1S/C16H12BrClF3N4OP/c1-27(2,26)13-8-3-6-12(16(19,20)21)23-10(8)4-5-11(13)24-14-9(17)7-22-15(18)25-14/h3-7H,1-2H3,(H,22,24,25). The summed E-state index contributed by atoms with van der Waals surface area (Å²) in [5, 5.41) is 3.78. The summed E-state index contributed by atoms with van der Waals surface area (Å²) in [6.45, 7) is 3.07. The van der Waals surface area contributed by atoms with Gasteiger partial charge in [-0.2, -0.15) is 18.2 Å². The lowest BCUT2D eigenvalue weighted by Crippen LogP contribution is -2.14. The molecule has 0 aliphatic carbocycles. The Kier molecular flexibility index (Phi) is 5.22. The third-order valence-corrected chi connectivity index (χ3v) is 5.96. The number of rotatable bonds is 3. The highest BCUT2D eigenvalue weighted by Crippen LogP contribution is 2.42. The molecule has 0 aliphatic rings. The molecule has 0 radical (unpaired) electrons. The van der Waals surface area contributed by atoms with Crippen molar-refractivity contribution in [3.63, 3.8) is 0 Å². The molecule has 27 heavy (non-hydrogen) atoms. The Labute approximate surface area is 165 Å². The van der Waals surface area contributed by atoms with Crippen LogP contribution in [0.3, 0.4) is 0 Å². The number of pyridine rings is 1. The Morgan fingerprint density at radius 3 is 2.48 bits per heavy atom. The van der Waals surface area contributed by atoms with Crippen LogP contribution in [0, 0.1) is 0 Å². The van der Waals surface area contributed by atoms with Gasteiger partial charge < -0.3 is 9.88 Å². The molecule has 142 valence electrons. The van der Waals surface area contributed by atoms with E-state index in [4.69, 9.17) is 11.6 Å². The van der Waals surface area contributed by atoms with Crippen molar-refractivity contribution in [1.82, 2.24) is 15.0 Å². The van der Waals surface area contributed by atoms with E-state index in [0.29, 0.717) is 26.7 Å². The second kappa shape index (κ2) is 7.04. The van der Waals surface area contributed by atoms with Crippen LogP contribution >= 0.6 is 34.7 Å². The van der Waals surface area contributed by atoms with E-state index >= 15 is 0 Å². The molecule has 2 heterocycles. The smallest absolute Gasteiger partial charge is 0.339 e. The number of alkyl halides is 3. The van der Waals surface area contributed by atoms with Crippen molar-refractivity contribution in [2.45, 2.75) is 6.18 Å². The normalized spacial score (nSPS) is 12.4. The van der Waals surface area contributed by atoms with E-state index in [1.54, 1.807) is 0 Å². The number of aromatic nitrogens is 3. The summed E-state index contributed by atoms with van der Waals surface area (Å²) in [5.74, 6) is 0.337. The lowest BCUT2D eigenvalue weighted by Gasteiger charge is -2.18. The highest BCUT2D eigenvalue weighted by molar-refractivity contribution is 9.10. The van der Waals surface area contributed by atoms with Gasteiger partial charge in [0.2, 0.25) is 5.28 Å². The van der Waals surface area contributed by atoms with Gasteiger partial charge in [0.05, 0.1) is 15.7 Å². The molecule has 3 rings (SSSR count). The molecule has 3 aromatic rings. The van der Waals surface area contributed by atoms with E-state index in [0.717, 1.165) is 6.07 Å². The topological polar surface area (TPSA) is 67.8 Å². The average molecular weight is 480 g/mol. The summed E-state index contributed by atoms with van der Waals surface area (Å²) in [5.41, 5.74) is -0.462. The molecule has 0 amide bonds. The van der Waals surface area contributed by atoms with Crippen molar-refractivity contribution in [2.24, 2.45) is 0 Å². The molecule has 11 heteroatoms. The molecular formula is C16H12BrClF3N4OP. The Balaban J connectivity index is 2.21. The van der Waals surface area contributed by atoms with Crippen molar-refractivity contribution < 1.29 is 17.7 Å². The largest absolute Gasteiger partial charge is 0.433 e. The fourth-order valence-electron chi connectivity index (χ4n) is 2.59. The number of hydrogen-bond donors (Lipinski definition) is 1. The van der Waals surface area contributed by atoms with Crippen LogP contribution < -0.4 is 10.6 Å². The summed E-state index contributed by atoms with van der Waals surface area (Å²) in [7, 11) is -2.90. The van der Waals surface area contributed by atoms with Crippen LogP contribution in [0.25, 0.3) is 10.9 Å². The predicted octanol–water partition coefficient (Wildman–Crippen LogP) is 5.45. The molecule has 0 fully saturated rings. The number of nitrogens with zero attached hydrogens (tertiary/aromatic N) is 3. The van der Waals surface area contributed by atoms with Crippen molar-refractivity contribution in [2.75, 3.05) is 18.6 Å². The van der Waals surface area contributed by atoms with Gasteiger partial charge in [0.15, 0.2) is 0 Å². The summed E-state index contributed by atoms with van der Waals surface area (Å²) >= 11 is 9.11. The van der Waals surface area contributed by atoms with Crippen LogP contribution in [0.5, 0.6) is 0 Å². The first kappa shape index (κ1) is 20.0. The van der Waals surface area contributed by atoms with E-state index in [9.17, 15) is 17.7 Å². The Morgan fingerprint density at radius 2 is 1.85 bits per heavy atom. The van der Waals surface area contributed by atoms with Crippen LogP contribution in [0.4, 0.5) is 24.7 Å². The molecule has 5 nitrogen and oxygen atoms in total. The summed E-state index contributed by atoms with van der Waals surface area (Å²) < 4.78 is 52.2. The van der Waals surface area contributed by atoms with Gasteiger partial charge >= 0.3 is 6.18 Å². The van der Waals surface area contributed by atoms with Crippen molar-refractivity contribution in [3.8, 4) is 0 Å². The highest BCUT2D eigenvalue weighted by Gasteiger charge is 2.33. The molecule has 0 saturated heterocycles. The van der Waals surface area contributed by atoms with Crippen LogP contribution in [-0.2, 0) is 10.7 Å². The second-order valence-corrected chi connectivity index (χ2v) is 10.4. The van der Waals surface area contributed by atoms with Gasteiger partial charge in [-0.05, 0) is 65.1 Å². The van der Waals surface area contributed by atoms with Crippen molar-refractivity contribution >= 4 is 62.4 Å². The van der Waals surface area contributed by atoms with E-state index in [2.05, 4.69) is 36.2 Å². The molecule has 0 spiro atoms. The van der Waals surface area contributed by atoms with Gasteiger partial charge in [0.25, 0.3) is 0 Å². The van der Waals surface area contributed by atoms with Gasteiger partial charge in [0, 0.05) is 16.9 Å². The van der Waals surface area contributed by atoms with E-state index < -0.39 is 19.0 Å². The Bertz CT molecular complexity index is 1090. The average Bonchev–Trinajstić information content (AvgIpc) is 2.55. The number of nitrogens with one attached hydrogen (secondary N) is 1. The lowest BCUT2D eigenvalue weighted by atomic mass is 10.1. The molecule has 1 N–H and O–H groups in total. The maximum Gasteiger partial charge on any atom is 0.433 e. The summed E-state index contributed by atoms with van der Waals surface area (Å²) in [4.78, 5) is 11.6. The maximum absolute atomic E-state index is 12.9. The maximum atomic E-state index is 12.9. The predicted molar refractivity (Wildman–Crippen MR) is 104 cm³/mol. The first-order chi connectivity index (χ1) is 12.5. The number of halogens is 5. The molecule has 0 unspecified atom stereocenters. The van der Waals surface area contributed by atoms with Gasteiger partial charge in [-0.25, -0.2) is 9.97 Å². The second-order valence-electron chi connectivity index (χ2n) is 6.03. The van der Waals surface area contributed by atoms with Gasteiger partial charge in [-0.3, -0.25) is 0 Å². The molecule has 0 saturated carbocycles. The van der Waals surface area contributed by atoms with Crippen LogP contribution in [-0.4, -0.2) is 28.3 Å². The SMILES string of the molecule is CP(C)(=O)c1c(Nc2nc(Cl)ncc2Br)ccc2nc(C(F)(F)F)ccc12. The molecule has 0 aliphatic heterocycles. The molecule has 0 atom stereocenters. The molecular weight excluding hydrogens is 468 g/mol. The first-order valence-electron chi connectivity index (χ1n) is 7.48. The van der Waals surface area contributed by atoms with Gasteiger partial charge in [-0.1, -0.05) is 0 Å². The third kappa shape index (κ3) is 4.25. The first-order valence-corrected chi connectivity index (χ1v) is 11.3. The van der Waals surface area contributed by atoms with E-state index in [-0.39, 0.29) is 10.8 Å². The highest BCUT2D eigenvalue weighted by atomic mass is 79.9. The molecule has 0 bridgehead atoms. The van der Waals surface area contributed by atoms with Crippen LogP contribution in [0.1, 0.15) is 5.69 Å². The lowest BCUT2D eigenvalue weighted by molar-refractivity contribution is -0.140. The van der Waals surface area contributed by atoms with Crippen molar-refractivity contribution in [1.29, 1.82) is 0 Å². The Hall–Kier alpha value is -1.70. The molecule has 2 aromatic heterocycles. The third-order valence-electron chi connectivity index (χ3n) is 3.64. The number of hydrogen-bond acceptors (Lipinski definition) is 5. The Morgan fingerprint density at radius 1 is 1.15 bits per heavy atom. The minimum absolute atomic E-state index is 0.00991. The summed E-state index contributed by atoms with van der Waals surface area (Å²) in [6, 6.07) is 5.12. The zero-order valence-electron chi connectivity index (χ0n) is 14.0. The fourth-order valence-corrected chi connectivity index (χ4v) is 4.49. The van der Waals surface area contributed by atoms with E-state index in [1.807, 2.05) is 0 Å². The zero-order chi connectivity index (χ0) is 20.0. The minimum Gasteiger partial charge on any atom is -0.339 e. The monoisotopic (exact) mass is 478 g/mol. The van der Waals surface area contributed by atoms with E-state index in [1.165, 1.54) is 37.7 Å². The minimum atomic E-state index is -4.56. The number of anilines is 2. The zero-order valence-corrected chi connectivity index (χ0v) is 17.2. The van der Waals surface area contributed by atoms with Crippen molar-refractivity contribution in [3.05, 3.63) is 45.9 Å². The van der Waals surface area contributed by atoms with Crippen LogP contribution in [0.2, 0.25) is 5.28 Å². The fraction of sp³-hybridized carbons (Fsp3) is 0.188. The number of fused-ring (bicyclic) bond motifs is 1. The molecule has 1 aromatic carbocycles. The number of benzene rings is 1. The van der Waals surface area contributed by atoms with Gasteiger partial charge in [-0.15, -0.1) is 0 Å². The van der Waals surface area contributed by atoms with Crippen LogP contribution in [0.15, 0.2) is 34.9 Å². The summed E-state index contributed by atoms with van der Waals surface area (Å²) in [6.07, 6.45) is -3.11. The van der Waals surface area contributed by atoms with Gasteiger partial charge in [0.1, 0.15) is 18.7 Å².